The monoisotopic (exact) mass is 452 g/mol. The fraction of sp³-hybridized carbons (Fsp3) is 0.355. The van der Waals surface area contributed by atoms with Gasteiger partial charge in [0.15, 0.2) is 0 Å². The highest BCUT2D eigenvalue weighted by molar-refractivity contribution is 6.15. The molecular weight excluding hydrogens is 416 g/mol. The van der Waals surface area contributed by atoms with Crippen LogP contribution >= 0.6 is 0 Å². The normalized spacial score (nSPS) is 18.6. The van der Waals surface area contributed by atoms with E-state index >= 15 is 0 Å². The van der Waals surface area contributed by atoms with Gasteiger partial charge in [-0.05, 0) is 82.6 Å². The summed E-state index contributed by atoms with van der Waals surface area (Å²) in [7, 11) is 1.94. The van der Waals surface area contributed by atoms with Gasteiger partial charge in [0.1, 0.15) is 23.1 Å². The largest absolute Gasteiger partial charge is 0.455 e. The Labute approximate surface area is 205 Å². The SMILES string of the molecule is [2H]C([2H])([2H])c1cc(C)c(-c2ccnc[n+]2C)c2oc3cc4c5c(ccc4cc3c12)C(C)(C)CCC5(C)C. The number of hydrogen-bond donors (Lipinski definition) is 0. The Morgan fingerprint density at radius 2 is 1.76 bits per heavy atom. The molecule has 1 aliphatic rings. The van der Waals surface area contributed by atoms with E-state index in [1.54, 1.807) is 12.5 Å². The van der Waals surface area contributed by atoms with Crippen LogP contribution in [0.15, 0.2) is 53.3 Å². The minimum atomic E-state index is -2.27. The van der Waals surface area contributed by atoms with Crippen molar-refractivity contribution in [2.24, 2.45) is 7.05 Å². The third-order valence-electron chi connectivity index (χ3n) is 8.06. The second-order valence-corrected chi connectivity index (χ2v) is 11.3. The molecule has 0 radical (unpaired) electrons. The Morgan fingerprint density at radius 1 is 0.971 bits per heavy atom. The van der Waals surface area contributed by atoms with Crippen LogP contribution in [0, 0.1) is 13.8 Å². The first-order chi connectivity index (χ1) is 17.3. The van der Waals surface area contributed by atoms with Crippen molar-refractivity contribution < 1.29 is 13.1 Å². The molecule has 0 fully saturated rings. The van der Waals surface area contributed by atoms with Crippen LogP contribution in [-0.4, -0.2) is 4.98 Å². The van der Waals surface area contributed by atoms with Crippen LogP contribution in [0.25, 0.3) is 44.0 Å². The third kappa shape index (κ3) is 2.89. The topological polar surface area (TPSA) is 29.9 Å². The molecule has 0 spiro atoms. The van der Waals surface area contributed by atoms with Crippen LogP contribution in [-0.2, 0) is 17.9 Å². The summed E-state index contributed by atoms with van der Waals surface area (Å²) in [5.41, 5.74) is 7.30. The van der Waals surface area contributed by atoms with Crippen LogP contribution in [0.2, 0.25) is 0 Å². The average Bonchev–Trinajstić information content (AvgIpc) is 3.17. The predicted molar refractivity (Wildman–Crippen MR) is 140 cm³/mol. The summed E-state index contributed by atoms with van der Waals surface area (Å²) < 4.78 is 33.6. The van der Waals surface area contributed by atoms with Crippen LogP contribution in [0.1, 0.15) is 66.9 Å². The summed E-state index contributed by atoms with van der Waals surface area (Å²) in [6.45, 7) is 9.02. The highest BCUT2D eigenvalue weighted by Crippen LogP contribution is 2.49. The summed E-state index contributed by atoms with van der Waals surface area (Å²) in [6, 6.07) is 12.5. The third-order valence-corrected chi connectivity index (χ3v) is 8.06. The summed E-state index contributed by atoms with van der Waals surface area (Å²) in [5.74, 6) is 0. The van der Waals surface area contributed by atoms with Gasteiger partial charge in [-0.15, -0.1) is 0 Å². The van der Waals surface area contributed by atoms with Crippen molar-refractivity contribution in [1.29, 1.82) is 0 Å². The lowest BCUT2D eigenvalue weighted by atomic mass is 9.62. The minimum absolute atomic E-state index is 0.0421. The second kappa shape index (κ2) is 6.91. The van der Waals surface area contributed by atoms with E-state index in [-0.39, 0.29) is 10.8 Å². The molecule has 1 aliphatic carbocycles. The molecular formula is C31H33N2O+. The Hall–Kier alpha value is -3.20. The molecule has 3 heteroatoms. The lowest BCUT2D eigenvalue weighted by molar-refractivity contribution is -0.663. The molecule has 0 amide bonds. The van der Waals surface area contributed by atoms with Crippen molar-refractivity contribution >= 4 is 32.7 Å². The van der Waals surface area contributed by atoms with Crippen LogP contribution in [0.4, 0.5) is 0 Å². The molecule has 34 heavy (non-hydrogen) atoms. The standard InChI is InChI=1S/C31H33N2O/c1-18-14-19(2)27(24-10-13-32-17-33(24)7)29-26(18)22-15-20-8-9-23-28(21(20)16-25(22)34-29)31(5,6)12-11-30(23,3)4/h8-10,13-17H,11-12H2,1-7H3/q+1/i1D3. The lowest BCUT2D eigenvalue weighted by Gasteiger charge is -2.42. The van der Waals surface area contributed by atoms with Crippen LogP contribution in [0.5, 0.6) is 0 Å². The van der Waals surface area contributed by atoms with Crippen molar-refractivity contribution in [2.45, 2.75) is 65.1 Å². The number of fused-ring (bicyclic) bond motifs is 6. The van der Waals surface area contributed by atoms with Gasteiger partial charge in [0, 0.05) is 21.0 Å². The van der Waals surface area contributed by atoms with E-state index in [2.05, 4.69) is 56.9 Å². The zero-order valence-corrected chi connectivity index (χ0v) is 20.8. The van der Waals surface area contributed by atoms with Crippen molar-refractivity contribution in [3.63, 3.8) is 0 Å². The van der Waals surface area contributed by atoms with Crippen molar-refractivity contribution in [3.05, 3.63) is 71.2 Å². The second-order valence-electron chi connectivity index (χ2n) is 11.3. The molecule has 0 saturated carbocycles. The maximum absolute atomic E-state index is 8.34. The fourth-order valence-electron chi connectivity index (χ4n) is 6.09. The highest BCUT2D eigenvalue weighted by atomic mass is 16.3. The van der Waals surface area contributed by atoms with Gasteiger partial charge in [-0.3, -0.25) is 0 Å². The Balaban J connectivity index is 1.79. The zero-order chi connectivity index (χ0) is 26.5. The van der Waals surface area contributed by atoms with Crippen molar-refractivity contribution in [2.75, 3.05) is 0 Å². The molecule has 0 aliphatic heterocycles. The molecule has 2 heterocycles. The first-order valence-corrected chi connectivity index (χ1v) is 12.1. The van der Waals surface area contributed by atoms with Crippen LogP contribution in [0.3, 0.4) is 0 Å². The number of aryl methyl sites for hydroxylation is 3. The van der Waals surface area contributed by atoms with E-state index in [0.717, 1.165) is 46.0 Å². The van der Waals surface area contributed by atoms with Gasteiger partial charge >= 0.3 is 0 Å². The van der Waals surface area contributed by atoms with Gasteiger partial charge in [0.25, 0.3) is 6.33 Å². The number of hydrogen-bond acceptors (Lipinski definition) is 2. The summed E-state index contributed by atoms with van der Waals surface area (Å²) >= 11 is 0. The number of nitrogens with zero attached hydrogens (tertiary/aromatic N) is 2. The molecule has 0 atom stereocenters. The molecule has 2 aromatic heterocycles. The number of rotatable bonds is 1. The molecule has 172 valence electrons. The van der Waals surface area contributed by atoms with E-state index in [9.17, 15) is 0 Å². The maximum atomic E-state index is 8.34. The molecule has 0 unspecified atom stereocenters. The molecule has 6 rings (SSSR count). The Kier molecular flexibility index (Phi) is 3.69. The quantitative estimate of drug-likeness (QED) is 0.245. The van der Waals surface area contributed by atoms with E-state index in [4.69, 9.17) is 8.53 Å². The van der Waals surface area contributed by atoms with Crippen LogP contribution < -0.4 is 4.57 Å². The summed E-state index contributed by atoms with van der Waals surface area (Å²) in [6.07, 6.45) is 5.78. The van der Waals surface area contributed by atoms with Crippen molar-refractivity contribution in [1.82, 2.24) is 4.98 Å². The zero-order valence-electron chi connectivity index (χ0n) is 23.8. The maximum Gasteiger partial charge on any atom is 0.286 e. The van der Waals surface area contributed by atoms with Crippen molar-refractivity contribution in [3.8, 4) is 11.3 Å². The number of furan rings is 1. The fourth-order valence-corrected chi connectivity index (χ4v) is 6.09. The number of aromatic nitrogens is 2. The van der Waals surface area contributed by atoms with E-state index < -0.39 is 6.85 Å². The summed E-state index contributed by atoms with van der Waals surface area (Å²) in [4.78, 5) is 4.23. The van der Waals surface area contributed by atoms with E-state index in [1.165, 1.54) is 16.5 Å². The van der Waals surface area contributed by atoms with Gasteiger partial charge in [0.05, 0.1) is 12.6 Å². The molecule has 0 bridgehead atoms. The van der Waals surface area contributed by atoms with Gasteiger partial charge in [0.2, 0.25) is 0 Å². The van der Waals surface area contributed by atoms with E-state index in [1.807, 2.05) is 30.7 Å². The minimum Gasteiger partial charge on any atom is -0.455 e. The van der Waals surface area contributed by atoms with Gasteiger partial charge in [-0.1, -0.05) is 50.9 Å². The smallest absolute Gasteiger partial charge is 0.286 e. The lowest BCUT2D eigenvalue weighted by Crippen LogP contribution is -2.34. The molecule has 0 saturated heterocycles. The molecule has 5 aromatic rings. The first kappa shape index (κ1) is 18.2. The van der Waals surface area contributed by atoms with Gasteiger partial charge in [-0.2, -0.15) is 0 Å². The predicted octanol–water partition coefficient (Wildman–Crippen LogP) is 7.59. The highest BCUT2D eigenvalue weighted by Gasteiger charge is 2.38. The first-order valence-electron chi connectivity index (χ1n) is 13.6. The Bertz CT molecular complexity index is 1740. The summed E-state index contributed by atoms with van der Waals surface area (Å²) in [5, 5.41) is 3.84. The molecule has 3 aromatic carbocycles. The molecule has 3 nitrogen and oxygen atoms in total. The van der Waals surface area contributed by atoms with E-state index in [0.29, 0.717) is 16.5 Å². The van der Waals surface area contributed by atoms with Gasteiger partial charge < -0.3 is 4.42 Å². The van der Waals surface area contributed by atoms with Gasteiger partial charge in [-0.25, -0.2) is 4.57 Å². The molecule has 0 N–H and O–H groups in total. The Morgan fingerprint density at radius 3 is 2.53 bits per heavy atom. The average molecular weight is 453 g/mol. The number of benzene rings is 3.